The molecule has 2 N–H and O–H groups in total. The molecule has 0 aliphatic carbocycles. The highest BCUT2D eigenvalue weighted by atomic mass is 32.1. The molecule has 0 saturated carbocycles. The molecule has 2 aromatic heterocycles. The Balaban J connectivity index is 1.61. The lowest BCUT2D eigenvalue weighted by atomic mass is 10.3. The molecule has 3 amide bonds. The highest BCUT2D eigenvalue weighted by Crippen LogP contribution is 2.20. The van der Waals surface area contributed by atoms with Gasteiger partial charge in [-0.25, -0.2) is 9.59 Å². The summed E-state index contributed by atoms with van der Waals surface area (Å²) in [5.41, 5.74) is 0.543. The lowest BCUT2D eigenvalue weighted by molar-refractivity contribution is -0.120. The third-order valence-electron chi connectivity index (χ3n) is 2.92. The molecule has 0 atom stereocenters. The fourth-order valence-electron chi connectivity index (χ4n) is 1.89. The number of urea groups is 1. The predicted octanol–water partition coefficient (Wildman–Crippen LogP) is 1.91. The van der Waals surface area contributed by atoms with Crippen LogP contribution in [0.4, 0.5) is 10.5 Å². The molecule has 3 aromatic rings. The maximum atomic E-state index is 11.9. The van der Waals surface area contributed by atoms with Gasteiger partial charge in [-0.2, -0.15) is 4.68 Å². The van der Waals surface area contributed by atoms with E-state index in [0.717, 1.165) is 4.68 Å². The van der Waals surface area contributed by atoms with Crippen molar-refractivity contribution in [3.05, 3.63) is 58.4 Å². The van der Waals surface area contributed by atoms with Crippen molar-refractivity contribution < 1.29 is 14.0 Å². The number of carbonyl (C=O) groups excluding carboxylic acids is 2. The molecule has 0 unspecified atom stereocenters. The number of hydrogen-bond acceptors (Lipinski definition) is 6. The van der Waals surface area contributed by atoms with Crippen molar-refractivity contribution in [3.8, 4) is 10.8 Å². The van der Waals surface area contributed by atoms with Gasteiger partial charge in [0, 0.05) is 5.69 Å². The smallest absolute Gasteiger partial charge is 0.387 e. The summed E-state index contributed by atoms with van der Waals surface area (Å²) < 4.78 is 5.85. The van der Waals surface area contributed by atoms with E-state index in [1.165, 1.54) is 11.3 Å². The summed E-state index contributed by atoms with van der Waals surface area (Å²) in [6.45, 7) is -0.421. The number of thiophene rings is 1. The summed E-state index contributed by atoms with van der Waals surface area (Å²) in [5.74, 6) is -1.31. The summed E-state index contributed by atoms with van der Waals surface area (Å²) in [5, 5.41) is 10.4. The van der Waals surface area contributed by atoms with Crippen LogP contribution in [0.5, 0.6) is 0 Å². The van der Waals surface area contributed by atoms with Gasteiger partial charge < -0.3 is 9.73 Å². The highest BCUT2D eigenvalue weighted by Gasteiger charge is 2.15. The Hall–Kier alpha value is -3.20. The first kappa shape index (κ1) is 15.7. The number of rotatable bonds is 4. The van der Waals surface area contributed by atoms with E-state index in [2.05, 4.69) is 15.7 Å². The van der Waals surface area contributed by atoms with Gasteiger partial charge >= 0.3 is 11.8 Å². The summed E-state index contributed by atoms with van der Waals surface area (Å²) >= 11 is 1.36. The van der Waals surface area contributed by atoms with E-state index in [-0.39, 0.29) is 5.89 Å². The molecule has 1 aromatic carbocycles. The first-order valence-corrected chi connectivity index (χ1v) is 7.77. The SMILES string of the molecule is O=C(Cn1nc(-c2cccs2)oc1=O)NC(=O)Nc1ccccc1. The van der Waals surface area contributed by atoms with Crippen molar-refractivity contribution in [2.75, 3.05) is 5.32 Å². The summed E-state index contributed by atoms with van der Waals surface area (Å²) in [6.07, 6.45) is 0. The van der Waals surface area contributed by atoms with Gasteiger partial charge in [-0.3, -0.25) is 10.1 Å². The zero-order valence-electron chi connectivity index (χ0n) is 12.3. The molecule has 122 valence electrons. The number of para-hydroxylation sites is 1. The standard InChI is InChI=1S/C15H12N4O4S/c20-12(17-14(21)16-10-5-2-1-3-6-10)9-19-15(22)23-13(18-19)11-7-4-8-24-11/h1-8H,9H2,(H2,16,17,20,21). The van der Waals surface area contributed by atoms with Crippen LogP contribution in [0.15, 0.2) is 57.1 Å². The average Bonchev–Trinajstić information content (AvgIpc) is 3.18. The minimum absolute atomic E-state index is 0.136. The second-order valence-corrected chi connectivity index (χ2v) is 5.62. The maximum Gasteiger partial charge on any atom is 0.437 e. The van der Waals surface area contributed by atoms with Gasteiger partial charge in [-0.15, -0.1) is 16.4 Å². The van der Waals surface area contributed by atoms with Gasteiger partial charge in [0.25, 0.3) is 5.89 Å². The molecule has 0 aliphatic rings. The van der Waals surface area contributed by atoms with Crippen molar-refractivity contribution in [3.63, 3.8) is 0 Å². The van der Waals surface area contributed by atoms with Gasteiger partial charge in [0.2, 0.25) is 5.91 Å². The van der Waals surface area contributed by atoms with Gasteiger partial charge in [0.15, 0.2) is 0 Å². The van der Waals surface area contributed by atoms with Crippen LogP contribution < -0.4 is 16.4 Å². The molecule has 2 heterocycles. The minimum atomic E-state index is -0.767. The molecule has 0 saturated heterocycles. The normalized spacial score (nSPS) is 10.3. The number of aromatic nitrogens is 2. The van der Waals surface area contributed by atoms with Crippen molar-refractivity contribution in [1.29, 1.82) is 0 Å². The van der Waals surface area contributed by atoms with E-state index >= 15 is 0 Å². The number of anilines is 1. The minimum Gasteiger partial charge on any atom is -0.387 e. The van der Waals surface area contributed by atoms with Crippen LogP contribution in [0.3, 0.4) is 0 Å². The molecule has 8 nitrogen and oxygen atoms in total. The van der Waals surface area contributed by atoms with Crippen LogP contribution in [0.25, 0.3) is 10.8 Å². The van der Waals surface area contributed by atoms with E-state index in [1.807, 2.05) is 5.38 Å². The molecule has 3 rings (SSSR count). The van der Waals surface area contributed by atoms with E-state index in [4.69, 9.17) is 4.42 Å². The number of carbonyl (C=O) groups is 2. The number of nitrogens with zero attached hydrogens (tertiary/aromatic N) is 2. The van der Waals surface area contributed by atoms with Crippen molar-refractivity contribution in [1.82, 2.24) is 15.1 Å². The van der Waals surface area contributed by atoms with Crippen LogP contribution in [0.2, 0.25) is 0 Å². The van der Waals surface area contributed by atoms with Crippen LogP contribution >= 0.6 is 11.3 Å². The largest absolute Gasteiger partial charge is 0.437 e. The average molecular weight is 344 g/mol. The third kappa shape index (κ3) is 3.76. The van der Waals surface area contributed by atoms with Crippen molar-refractivity contribution >= 4 is 29.0 Å². The van der Waals surface area contributed by atoms with Gasteiger partial charge in [-0.05, 0) is 23.6 Å². The fraction of sp³-hybridized carbons (Fsp3) is 0.0667. The zero-order chi connectivity index (χ0) is 16.9. The molecule has 0 bridgehead atoms. The van der Waals surface area contributed by atoms with E-state index in [9.17, 15) is 14.4 Å². The second-order valence-electron chi connectivity index (χ2n) is 4.68. The number of imide groups is 1. The van der Waals surface area contributed by atoms with Gasteiger partial charge in [-0.1, -0.05) is 24.3 Å². The van der Waals surface area contributed by atoms with E-state index in [0.29, 0.717) is 10.6 Å². The zero-order valence-corrected chi connectivity index (χ0v) is 13.1. The Labute approximate surface area is 139 Å². The Morgan fingerprint density at radius 3 is 2.67 bits per heavy atom. The molecule has 0 radical (unpaired) electrons. The quantitative estimate of drug-likeness (QED) is 0.752. The molecule has 0 fully saturated rings. The van der Waals surface area contributed by atoms with Crippen LogP contribution in [0.1, 0.15) is 0 Å². The van der Waals surface area contributed by atoms with Gasteiger partial charge in [0.05, 0.1) is 4.88 Å². The monoisotopic (exact) mass is 344 g/mol. The summed E-state index contributed by atoms with van der Waals surface area (Å²) in [4.78, 5) is 35.9. The number of amides is 3. The number of nitrogens with one attached hydrogen (secondary N) is 2. The topological polar surface area (TPSA) is 106 Å². The van der Waals surface area contributed by atoms with Crippen LogP contribution in [-0.2, 0) is 11.3 Å². The molecule has 0 aliphatic heterocycles. The Morgan fingerprint density at radius 1 is 1.17 bits per heavy atom. The van der Waals surface area contributed by atoms with E-state index in [1.54, 1.807) is 42.5 Å². The molecule has 24 heavy (non-hydrogen) atoms. The predicted molar refractivity (Wildman–Crippen MR) is 87.7 cm³/mol. The summed E-state index contributed by atoms with van der Waals surface area (Å²) in [7, 11) is 0. The van der Waals surface area contributed by atoms with Crippen molar-refractivity contribution in [2.24, 2.45) is 0 Å². The second kappa shape index (κ2) is 6.92. The van der Waals surface area contributed by atoms with Gasteiger partial charge in [0.1, 0.15) is 6.54 Å². The van der Waals surface area contributed by atoms with E-state index < -0.39 is 24.2 Å². The molecular weight excluding hydrogens is 332 g/mol. The lowest BCUT2D eigenvalue weighted by Crippen LogP contribution is -2.38. The number of benzene rings is 1. The Morgan fingerprint density at radius 2 is 1.96 bits per heavy atom. The Kier molecular flexibility index (Phi) is 4.52. The first-order chi connectivity index (χ1) is 11.6. The maximum absolute atomic E-state index is 11.9. The number of hydrogen-bond donors (Lipinski definition) is 2. The molecule has 0 spiro atoms. The van der Waals surface area contributed by atoms with Crippen LogP contribution in [-0.4, -0.2) is 21.7 Å². The lowest BCUT2D eigenvalue weighted by Gasteiger charge is -2.05. The molecular formula is C15H12N4O4S. The third-order valence-corrected chi connectivity index (χ3v) is 3.77. The Bertz CT molecular complexity index is 899. The first-order valence-electron chi connectivity index (χ1n) is 6.89. The summed E-state index contributed by atoms with van der Waals surface area (Å²) in [6, 6.07) is 11.5. The molecule has 9 heteroatoms. The van der Waals surface area contributed by atoms with Crippen LogP contribution in [0, 0.1) is 0 Å². The van der Waals surface area contributed by atoms with Crippen molar-refractivity contribution in [2.45, 2.75) is 6.54 Å². The highest BCUT2D eigenvalue weighted by molar-refractivity contribution is 7.13. The fourth-order valence-corrected chi connectivity index (χ4v) is 2.54.